The number of fused-ring (bicyclic) bond motifs is 1. The van der Waals surface area contributed by atoms with Crippen LogP contribution in [0.5, 0.6) is 11.5 Å². The van der Waals surface area contributed by atoms with E-state index in [1.54, 1.807) is 25.1 Å². The van der Waals surface area contributed by atoms with Crippen LogP contribution in [0.25, 0.3) is 6.08 Å². The zero-order valence-electron chi connectivity index (χ0n) is 10.6. The van der Waals surface area contributed by atoms with E-state index in [1.807, 2.05) is 13.0 Å². The molecule has 2 heterocycles. The van der Waals surface area contributed by atoms with Gasteiger partial charge in [0.15, 0.2) is 5.76 Å². The number of ketones is 1. The van der Waals surface area contributed by atoms with Crippen LogP contribution in [-0.2, 0) is 0 Å². The van der Waals surface area contributed by atoms with Crippen LogP contribution in [0.15, 0.2) is 34.4 Å². The molecule has 0 bridgehead atoms. The lowest BCUT2D eigenvalue weighted by Crippen LogP contribution is -1.99. The van der Waals surface area contributed by atoms with Gasteiger partial charge in [0.1, 0.15) is 23.0 Å². The van der Waals surface area contributed by atoms with Crippen LogP contribution in [-0.4, -0.2) is 10.9 Å². The van der Waals surface area contributed by atoms with E-state index in [9.17, 15) is 9.90 Å². The fraction of sp³-hybridized carbons (Fsp3) is 0.133. The molecule has 96 valence electrons. The van der Waals surface area contributed by atoms with Gasteiger partial charge in [-0.2, -0.15) is 0 Å². The zero-order chi connectivity index (χ0) is 13.6. The van der Waals surface area contributed by atoms with Crippen molar-refractivity contribution in [1.82, 2.24) is 0 Å². The monoisotopic (exact) mass is 256 g/mol. The molecule has 1 aromatic carbocycles. The zero-order valence-corrected chi connectivity index (χ0v) is 10.6. The van der Waals surface area contributed by atoms with Crippen LogP contribution < -0.4 is 4.74 Å². The Morgan fingerprint density at radius 3 is 2.68 bits per heavy atom. The molecule has 0 saturated heterocycles. The summed E-state index contributed by atoms with van der Waals surface area (Å²) < 4.78 is 10.9. The van der Waals surface area contributed by atoms with E-state index in [2.05, 4.69) is 0 Å². The van der Waals surface area contributed by atoms with Crippen molar-refractivity contribution in [3.05, 3.63) is 52.7 Å². The first-order valence-corrected chi connectivity index (χ1v) is 5.89. The summed E-state index contributed by atoms with van der Waals surface area (Å²) in [4.78, 5) is 12.2. The van der Waals surface area contributed by atoms with E-state index in [4.69, 9.17) is 9.15 Å². The Labute approximate surface area is 109 Å². The van der Waals surface area contributed by atoms with Crippen LogP contribution in [0, 0.1) is 13.8 Å². The number of carbonyl (C=O) groups is 1. The normalized spacial score (nSPS) is 15.7. The molecule has 0 radical (unpaired) electrons. The Morgan fingerprint density at radius 2 is 2.00 bits per heavy atom. The molecular weight excluding hydrogens is 244 g/mol. The van der Waals surface area contributed by atoms with Crippen LogP contribution >= 0.6 is 0 Å². The fourth-order valence-corrected chi connectivity index (χ4v) is 2.15. The van der Waals surface area contributed by atoms with Gasteiger partial charge in [0.2, 0.25) is 5.78 Å². The molecule has 0 spiro atoms. The predicted molar refractivity (Wildman–Crippen MR) is 69.2 cm³/mol. The second-order valence-electron chi connectivity index (χ2n) is 4.52. The lowest BCUT2D eigenvalue weighted by atomic mass is 10.0. The minimum atomic E-state index is -0.193. The maximum atomic E-state index is 12.2. The summed E-state index contributed by atoms with van der Waals surface area (Å²) in [6, 6.07) is 6.57. The maximum Gasteiger partial charge on any atom is 0.232 e. The fourth-order valence-electron chi connectivity index (χ4n) is 2.15. The molecule has 1 aliphatic rings. The first kappa shape index (κ1) is 11.6. The van der Waals surface area contributed by atoms with Crippen molar-refractivity contribution in [3.8, 4) is 11.5 Å². The summed E-state index contributed by atoms with van der Waals surface area (Å²) in [5.74, 6) is 1.81. The Morgan fingerprint density at radius 1 is 1.21 bits per heavy atom. The SMILES string of the molecule is Cc1ccc(/C=C2/Oc3cc(O)cc(C)c3C2=O)o1. The standard InChI is InChI=1S/C15H12O4/c1-8-5-10(16)6-12-14(8)15(17)13(19-12)7-11-4-3-9(2)18-11/h3-7,16H,1-2H3/b13-7+. The van der Waals surface area contributed by atoms with Crippen molar-refractivity contribution in [2.75, 3.05) is 0 Å². The number of furan rings is 1. The van der Waals surface area contributed by atoms with Crippen molar-refractivity contribution in [2.24, 2.45) is 0 Å². The van der Waals surface area contributed by atoms with E-state index in [0.29, 0.717) is 22.6 Å². The number of phenolic OH excluding ortho intramolecular Hbond substituents is 1. The highest BCUT2D eigenvalue weighted by molar-refractivity contribution is 6.15. The average Bonchev–Trinajstić information content (AvgIpc) is 2.84. The number of phenols is 1. The van der Waals surface area contributed by atoms with Crippen molar-refractivity contribution >= 4 is 11.9 Å². The molecule has 0 unspecified atom stereocenters. The van der Waals surface area contributed by atoms with Gasteiger partial charge in [-0.3, -0.25) is 4.79 Å². The molecule has 3 rings (SSSR count). The molecule has 1 aliphatic heterocycles. The van der Waals surface area contributed by atoms with E-state index in [0.717, 1.165) is 5.76 Å². The summed E-state index contributed by atoms with van der Waals surface area (Å²) >= 11 is 0. The highest BCUT2D eigenvalue weighted by atomic mass is 16.5. The molecule has 0 aliphatic carbocycles. The topological polar surface area (TPSA) is 59.7 Å². The predicted octanol–water partition coefficient (Wildman–Crippen LogP) is 3.22. The van der Waals surface area contributed by atoms with Gasteiger partial charge in [0.05, 0.1) is 5.56 Å². The van der Waals surface area contributed by atoms with Crippen molar-refractivity contribution in [3.63, 3.8) is 0 Å². The number of carbonyl (C=O) groups excluding carboxylic acids is 1. The van der Waals surface area contributed by atoms with Crippen LogP contribution in [0.3, 0.4) is 0 Å². The average molecular weight is 256 g/mol. The lowest BCUT2D eigenvalue weighted by Gasteiger charge is -2.00. The molecule has 1 aromatic heterocycles. The van der Waals surface area contributed by atoms with Crippen LogP contribution in [0.2, 0.25) is 0 Å². The number of allylic oxidation sites excluding steroid dienone is 1. The second kappa shape index (κ2) is 4.02. The number of aromatic hydroxyl groups is 1. The van der Waals surface area contributed by atoms with E-state index < -0.39 is 0 Å². The lowest BCUT2D eigenvalue weighted by molar-refractivity contribution is 0.101. The molecular formula is C15H12O4. The highest BCUT2D eigenvalue weighted by Crippen LogP contribution is 2.37. The quantitative estimate of drug-likeness (QED) is 0.796. The van der Waals surface area contributed by atoms with Gasteiger partial charge >= 0.3 is 0 Å². The molecule has 0 saturated carbocycles. The molecule has 0 amide bonds. The van der Waals surface area contributed by atoms with Crippen molar-refractivity contribution in [2.45, 2.75) is 13.8 Å². The Bertz CT molecular complexity index is 707. The number of hydrogen-bond donors (Lipinski definition) is 1. The third kappa shape index (κ3) is 1.91. The molecule has 2 aromatic rings. The number of rotatable bonds is 1. The van der Waals surface area contributed by atoms with Gasteiger partial charge in [-0.05, 0) is 37.6 Å². The van der Waals surface area contributed by atoms with Gasteiger partial charge in [0.25, 0.3) is 0 Å². The Kier molecular flexibility index (Phi) is 2.45. The smallest absolute Gasteiger partial charge is 0.232 e. The summed E-state index contributed by atoms with van der Waals surface area (Å²) in [5.41, 5.74) is 1.19. The Hall–Kier alpha value is -2.49. The van der Waals surface area contributed by atoms with Crippen LogP contribution in [0.4, 0.5) is 0 Å². The summed E-state index contributed by atoms with van der Waals surface area (Å²) in [6.07, 6.45) is 1.56. The number of Topliss-reactive ketones (excluding diaryl/α,β-unsaturated/α-hetero) is 1. The number of ether oxygens (including phenoxy) is 1. The van der Waals surface area contributed by atoms with Gasteiger partial charge in [-0.1, -0.05) is 0 Å². The largest absolute Gasteiger partial charge is 0.508 e. The van der Waals surface area contributed by atoms with Gasteiger partial charge in [-0.25, -0.2) is 0 Å². The summed E-state index contributed by atoms with van der Waals surface area (Å²) in [6.45, 7) is 3.59. The molecule has 1 N–H and O–H groups in total. The van der Waals surface area contributed by atoms with Crippen LogP contribution in [0.1, 0.15) is 27.4 Å². The molecule has 4 nitrogen and oxygen atoms in total. The first-order valence-electron chi connectivity index (χ1n) is 5.89. The number of aryl methyl sites for hydroxylation is 2. The third-order valence-corrected chi connectivity index (χ3v) is 2.99. The van der Waals surface area contributed by atoms with Gasteiger partial charge in [0, 0.05) is 12.1 Å². The third-order valence-electron chi connectivity index (χ3n) is 2.99. The molecule has 0 fully saturated rings. The maximum absolute atomic E-state index is 12.2. The molecule has 19 heavy (non-hydrogen) atoms. The minimum absolute atomic E-state index is 0.0825. The van der Waals surface area contributed by atoms with Gasteiger partial charge in [-0.15, -0.1) is 0 Å². The number of hydrogen-bond acceptors (Lipinski definition) is 4. The first-order chi connectivity index (χ1) is 9.04. The Balaban J connectivity index is 2.04. The van der Waals surface area contributed by atoms with E-state index >= 15 is 0 Å². The van der Waals surface area contributed by atoms with E-state index in [1.165, 1.54) is 6.07 Å². The van der Waals surface area contributed by atoms with Crippen molar-refractivity contribution in [1.29, 1.82) is 0 Å². The van der Waals surface area contributed by atoms with E-state index in [-0.39, 0.29) is 17.3 Å². The minimum Gasteiger partial charge on any atom is -0.508 e. The number of benzene rings is 1. The summed E-state index contributed by atoms with van der Waals surface area (Å²) in [7, 11) is 0. The van der Waals surface area contributed by atoms with Gasteiger partial charge < -0.3 is 14.3 Å². The van der Waals surface area contributed by atoms with Crippen molar-refractivity contribution < 1.29 is 19.1 Å². The summed E-state index contributed by atoms with van der Waals surface area (Å²) in [5, 5.41) is 9.51. The second-order valence-corrected chi connectivity index (χ2v) is 4.52. The molecule has 0 atom stereocenters. The molecule has 4 heteroatoms. The highest BCUT2D eigenvalue weighted by Gasteiger charge is 2.30.